The number of carbonyl (C=O) groups excluding carboxylic acids is 2. The lowest BCUT2D eigenvalue weighted by atomic mass is 9.84. The van der Waals surface area contributed by atoms with Crippen molar-refractivity contribution in [2.45, 2.75) is 56.0 Å². The summed E-state index contributed by atoms with van der Waals surface area (Å²) in [6, 6.07) is 26.0. The summed E-state index contributed by atoms with van der Waals surface area (Å²) in [6.45, 7) is 4.04. The average Bonchev–Trinajstić information content (AvgIpc) is 3.09. The Labute approximate surface area is 277 Å². The number of aromatic nitrogens is 1. The van der Waals surface area contributed by atoms with Gasteiger partial charge in [0.25, 0.3) is 0 Å². The third-order valence-electron chi connectivity index (χ3n) is 8.00. The summed E-state index contributed by atoms with van der Waals surface area (Å²) >= 11 is 0. The van der Waals surface area contributed by atoms with Crippen molar-refractivity contribution in [1.29, 1.82) is 0 Å². The number of pyridine rings is 1. The van der Waals surface area contributed by atoms with Gasteiger partial charge in [-0.2, -0.15) is 4.31 Å². The fourth-order valence-electron chi connectivity index (χ4n) is 5.75. The van der Waals surface area contributed by atoms with Crippen molar-refractivity contribution in [1.82, 2.24) is 19.9 Å². The number of sulfonamides is 1. The van der Waals surface area contributed by atoms with Crippen molar-refractivity contribution < 1.29 is 27.9 Å². The molecule has 250 valence electrons. The Morgan fingerprint density at radius 1 is 0.894 bits per heavy atom. The predicted molar refractivity (Wildman–Crippen MR) is 182 cm³/mol. The maximum absolute atomic E-state index is 14.0. The number of hydrogen-bond acceptors (Lipinski definition) is 7. The van der Waals surface area contributed by atoms with Gasteiger partial charge in [-0.15, -0.1) is 0 Å². The van der Waals surface area contributed by atoms with Gasteiger partial charge >= 0.3 is 6.09 Å². The standard InChI is InChI=1S/C36H44N4O6S/c1-26(2)24-40(47(44,45)31-21-12-18-29-19-13-23-37-33(29)31)30(25-41)20-10-11-22-38-35(42)34(39-36(43)46-3)32(27-14-6-4-7-15-27)28-16-8-5-9-17-28/h4-9,12-19,21,23,26,30,32,34,41H,10-11,20,22,24-25H2,1-3H3,(H,38,42)(H,39,43)/t30-,34+/m0/s1. The largest absolute Gasteiger partial charge is 0.453 e. The maximum atomic E-state index is 14.0. The quantitative estimate of drug-likeness (QED) is 0.143. The summed E-state index contributed by atoms with van der Waals surface area (Å²) in [6.07, 6.45) is 2.30. The highest BCUT2D eigenvalue weighted by molar-refractivity contribution is 7.89. The predicted octanol–water partition coefficient (Wildman–Crippen LogP) is 5.09. The molecule has 4 rings (SSSR count). The molecule has 4 aromatic rings. The minimum atomic E-state index is -3.99. The van der Waals surface area contributed by atoms with Crippen LogP contribution in [-0.4, -0.2) is 73.7 Å². The van der Waals surface area contributed by atoms with Crippen molar-refractivity contribution in [2.75, 3.05) is 26.8 Å². The minimum Gasteiger partial charge on any atom is -0.453 e. The number of aliphatic hydroxyl groups is 1. The molecule has 1 heterocycles. The normalized spacial score (nSPS) is 13.1. The van der Waals surface area contributed by atoms with Gasteiger partial charge in [0.2, 0.25) is 15.9 Å². The van der Waals surface area contributed by atoms with Crippen LogP contribution in [0.15, 0.2) is 102 Å². The molecule has 0 aliphatic rings. The number of ether oxygens (including phenoxy) is 1. The van der Waals surface area contributed by atoms with Crippen molar-refractivity contribution in [3.8, 4) is 0 Å². The maximum Gasteiger partial charge on any atom is 0.407 e. The molecule has 3 N–H and O–H groups in total. The molecule has 0 radical (unpaired) electrons. The summed E-state index contributed by atoms with van der Waals surface area (Å²) in [7, 11) is -2.74. The van der Waals surface area contributed by atoms with Gasteiger partial charge in [0.1, 0.15) is 10.9 Å². The first-order chi connectivity index (χ1) is 22.7. The number of fused-ring (bicyclic) bond motifs is 1. The molecule has 0 fully saturated rings. The molecule has 2 atom stereocenters. The average molecular weight is 661 g/mol. The monoisotopic (exact) mass is 660 g/mol. The first kappa shape index (κ1) is 35.5. The first-order valence-electron chi connectivity index (χ1n) is 15.9. The number of aliphatic hydroxyl groups excluding tert-OH is 1. The van der Waals surface area contributed by atoms with Gasteiger partial charge in [0.05, 0.1) is 19.2 Å². The number of unbranched alkanes of at least 4 members (excludes halogenated alkanes) is 1. The molecule has 10 nitrogen and oxygen atoms in total. The van der Waals surface area contributed by atoms with E-state index in [-0.39, 0.29) is 36.4 Å². The lowest BCUT2D eigenvalue weighted by Gasteiger charge is -2.31. The van der Waals surface area contributed by atoms with E-state index in [2.05, 4.69) is 15.6 Å². The smallest absolute Gasteiger partial charge is 0.407 e. The Hall–Kier alpha value is -4.32. The number of para-hydroxylation sites is 1. The molecule has 0 spiro atoms. The number of methoxy groups -OCH3 is 1. The van der Waals surface area contributed by atoms with Crippen LogP contribution >= 0.6 is 0 Å². The SMILES string of the molecule is COC(=O)N[C@@H](C(=O)NCCCC[C@@H](CO)N(CC(C)C)S(=O)(=O)c1cccc2cccnc12)C(c1ccccc1)c1ccccc1. The highest BCUT2D eigenvalue weighted by Crippen LogP contribution is 2.29. The number of benzene rings is 3. The van der Waals surface area contributed by atoms with Crippen molar-refractivity contribution >= 4 is 32.9 Å². The molecule has 0 aliphatic heterocycles. The van der Waals surface area contributed by atoms with E-state index >= 15 is 0 Å². The Balaban J connectivity index is 1.46. The van der Waals surface area contributed by atoms with Crippen molar-refractivity contribution in [3.63, 3.8) is 0 Å². The van der Waals surface area contributed by atoms with E-state index in [0.717, 1.165) is 16.5 Å². The van der Waals surface area contributed by atoms with Crippen LogP contribution in [0.3, 0.4) is 0 Å². The molecular weight excluding hydrogens is 616 g/mol. The fraction of sp³-hybridized carbons (Fsp3) is 0.361. The highest BCUT2D eigenvalue weighted by atomic mass is 32.2. The van der Waals surface area contributed by atoms with E-state index in [0.29, 0.717) is 24.8 Å². The second kappa shape index (κ2) is 17.0. The Morgan fingerprint density at radius 3 is 2.13 bits per heavy atom. The lowest BCUT2D eigenvalue weighted by molar-refractivity contribution is -0.123. The zero-order chi connectivity index (χ0) is 33.8. The third kappa shape index (κ3) is 9.15. The van der Waals surface area contributed by atoms with Crippen molar-refractivity contribution in [3.05, 3.63) is 108 Å². The molecule has 0 saturated carbocycles. The summed E-state index contributed by atoms with van der Waals surface area (Å²) in [5, 5.41) is 16.8. The van der Waals surface area contributed by atoms with E-state index in [1.807, 2.05) is 86.6 Å². The van der Waals surface area contributed by atoms with Gasteiger partial charge < -0.3 is 20.5 Å². The van der Waals surface area contributed by atoms with Gasteiger partial charge in [0.15, 0.2) is 0 Å². The van der Waals surface area contributed by atoms with Crippen LogP contribution < -0.4 is 10.6 Å². The number of nitrogens with zero attached hydrogens (tertiary/aromatic N) is 2. The van der Waals surface area contributed by atoms with E-state index in [4.69, 9.17) is 4.74 Å². The van der Waals surface area contributed by atoms with Gasteiger partial charge in [-0.25, -0.2) is 13.2 Å². The molecule has 2 amide bonds. The number of alkyl carbamates (subject to hydrolysis) is 1. The summed E-state index contributed by atoms with van der Waals surface area (Å²) < 4.78 is 34.3. The summed E-state index contributed by atoms with van der Waals surface area (Å²) in [5.41, 5.74) is 2.10. The van der Waals surface area contributed by atoms with Gasteiger partial charge in [-0.05, 0) is 42.0 Å². The zero-order valence-electron chi connectivity index (χ0n) is 27.1. The molecular formula is C36H44N4O6S. The topological polar surface area (TPSA) is 138 Å². The number of rotatable bonds is 16. The Bertz CT molecular complexity index is 1660. The fourth-order valence-corrected chi connectivity index (χ4v) is 7.73. The van der Waals surface area contributed by atoms with Crippen LogP contribution in [0.2, 0.25) is 0 Å². The second-order valence-electron chi connectivity index (χ2n) is 11.8. The summed E-state index contributed by atoms with van der Waals surface area (Å²) in [4.78, 5) is 30.5. The summed E-state index contributed by atoms with van der Waals surface area (Å²) in [5.74, 6) is -0.838. The molecule has 3 aromatic carbocycles. The van der Waals surface area contributed by atoms with Crippen LogP contribution in [0.5, 0.6) is 0 Å². The van der Waals surface area contributed by atoms with Crippen LogP contribution in [0, 0.1) is 5.92 Å². The van der Waals surface area contributed by atoms with Gasteiger partial charge in [-0.3, -0.25) is 9.78 Å². The number of hydrogen-bond donors (Lipinski definition) is 3. The van der Waals surface area contributed by atoms with Crippen LogP contribution in [0.1, 0.15) is 50.2 Å². The molecule has 47 heavy (non-hydrogen) atoms. The third-order valence-corrected chi connectivity index (χ3v) is 9.95. The van der Waals surface area contributed by atoms with E-state index in [1.54, 1.807) is 24.4 Å². The number of amides is 2. The molecule has 0 bridgehead atoms. The molecule has 11 heteroatoms. The molecule has 0 saturated heterocycles. The molecule has 0 unspecified atom stereocenters. The van der Waals surface area contributed by atoms with E-state index < -0.39 is 34.1 Å². The van der Waals surface area contributed by atoms with Gasteiger partial charge in [0, 0.05) is 36.6 Å². The number of carbonyl (C=O) groups is 2. The van der Waals surface area contributed by atoms with Gasteiger partial charge in [-0.1, -0.05) is 99.1 Å². The minimum absolute atomic E-state index is 0.0162. The van der Waals surface area contributed by atoms with E-state index in [9.17, 15) is 23.1 Å². The zero-order valence-corrected chi connectivity index (χ0v) is 27.9. The van der Waals surface area contributed by atoms with Crippen LogP contribution in [0.25, 0.3) is 10.9 Å². The first-order valence-corrected chi connectivity index (χ1v) is 17.3. The highest BCUT2D eigenvalue weighted by Gasteiger charge is 2.34. The van der Waals surface area contributed by atoms with Crippen molar-refractivity contribution in [2.24, 2.45) is 5.92 Å². The Morgan fingerprint density at radius 2 is 1.53 bits per heavy atom. The lowest BCUT2D eigenvalue weighted by Crippen LogP contribution is -2.50. The van der Waals surface area contributed by atoms with E-state index in [1.165, 1.54) is 11.4 Å². The van der Waals surface area contributed by atoms with Crippen LogP contribution in [-0.2, 0) is 19.6 Å². The van der Waals surface area contributed by atoms with Crippen LogP contribution in [0.4, 0.5) is 4.79 Å². The Kier molecular flexibility index (Phi) is 12.9. The second-order valence-corrected chi connectivity index (χ2v) is 13.7. The number of nitrogens with one attached hydrogen (secondary N) is 2. The molecule has 0 aliphatic carbocycles. The molecule has 1 aromatic heterocycles.